The average Bonchev–Trinajstić information content (AvgIpc) is 3.09. The van der Waals surface area contributed by atoms with Crippen LogP contribution in [0.2, 0.25) is 0 Å². The van der Waals surface area contributed by atoms with Crippen molar-refractivity contribution in [1.82, 2.24) is 0 Å². The van der Waals surface area contributed by atoms with Crippen LogP contribution in [0.5, 0.6) is 17.2 Å². The summed E-state index contributed by atoms with van der Waals surface area (Å²) in [7, 11) is 1.56. The zero-order chi connectivity index (χ0) is 18.5. The van der Waals surface area contributed by atoms with Gasteiger partial charge in [0, 0.05) is 11.8 Å². The van der Waals surface area contributed by atoms with Crippen LogP contribution in [0.4, 0.5) is 5.69 Å². The molecule has 7 nitrogen and oxygen atoms in total. The number of ether oxygens (including phenoxy) is 4. The molecular formula is C19H19NO6. The first kappa shape index (κ1) is 17.6. The maximum Gasteiger partial charge on any atom is 0.311 e. The van der Waals surface area contributed by atoms with Gasteiger partial charge in [0.1, 0.15) is 5.75 Å². The van der Waals surface area contributed by atoms with Crippen molar-refractivity contribution in [2.45, 2.75) is 19.4 Å². The summed E-state index contributed by atoms with van der Waals surface area (Å²) in [6.07, 6.45) is -0.878. The number of nitrogens with one attached hydrogen (secondary N) is 1. The molecule has 0 aliphatic carbocycles. The monoisotopic (exact) mass is 357 g/mol. The number of rotatable bonds is 6. The third-order valence-corrected chi connectivity index (χ3v) is 3.80. The Kier molecular flexibility index (Phi) is 5.26. The Morgan fingerprint density at radius 2 is 1.96 bits per heavy atom. The van der Waals surface area contributed by atoms with Crippen molar-refractivity contribution in [3.05, 3.63) is 48.0 Å². The van der Waals surface area contributed by atoms with Gasteiger partial charge in [-0.1, -0.05) is 12.1 Å². The molecule has 1 amide bonds. The van der Waals surface area contributed by atoms with Crippen LogP contribution >= 0.6 is 0 Å². The second kappa shape index (κ2) is 7.77. The van der Waals surface area contributed by atoms with Gasteiger partial charge in [0.25, 0.3) is 5.91 Å². The van der Waals surface area contributed by atoms with E-state index in [1.165, 1.54) is 6.92 Å². The molecule has 1 aliphatic rings. The Bertz CT molecular complexity index is 819. The lowest BCUT2D eigenvalue weighted by Gasteiger charge is -2.14. The molecule has 0 aromatic heterocycles. The lowest BCUT2D eigenvalue weighted by Crippen LogP contribution is -2.30. The van der Waals surface area contributed by atoms with Crippen LogP contribution in [0.15, 0.2) is 42.5 Å². The molecule has 2 aromatic rings. The fourth-order valence-electron chi connectivity index (χ4n) is 2.46. The van der Waals surface area contributed by atoms with Gasteiger partial charge in [-0.15, -0.1) is 0 Å². The maximum absolute atomic E-state index is 12.2. The normalized spacial score (nSPS) is 13.0. The quantitative estimate of drug-likeness (QED) is 0.800. The van der Waals surface area contributed by atoms with Gasteiger partial charge in [-0.25, -0.2) is 0 Å². The summed E-state index contributed by atoms with van der Waals surface area (Å²) in [4.78, 5) is 24.3. The van der Waals surface area contributed by atoms with Gasteiger partial charge < -0.3 is 24.3 Å². The Morgan fingerprint density at radius 1 is 1.15 bits per heavy atom. The molecule has 136 valence electrons. The summed E-state index contributed by atoms with van der Waals surface area (Å²) in [5.74, 6) is 0.921. The summed E-state index contributed by atoms with van der Waals surface area (Å²) in [5, 5.41) is 2.69. The molecule has 0 saturated heterocycles. The first-order valence-corrected chi connectivity index (χ1v) is 8.08. The highest BCUT2D eigenvalue weighted by molar-refractivity contribution is 5.95. The molecule has 1 N–H and O–H groups in total. The van der Waals surface area contributed by atoms with Crippen LogP contribution in [0.25, 0.3) is 0 Å². The Labute approximate surface area is 150 Å². The van der Waals surface area contributed by atoms with Crippen molar-refractivity contribution in [2.24, 2.45) is 0 Å². The van der Waals surface area contributed by atoms with E-state index in [1.54, 1.807) is 49.6 Å². The van der Waals surface area contributed by atoms with Crippen molar-refractivity contribution in [3.8, 4) is 17.2 Å². The molecule has 0 radical (unpaired) electrons. The second-order valence-corrected chi connectivity index (χ2v) is 5.72. The molecule has 3 rings (SSSR count). The first-order chi connectivity index (χ1) is 12.5. The number of carbonyl (C=O) groups excluding carboxylic acids is 2. The van der Waals surface area contributed by atoms with Crippen LogP contribution in [-0.4, -0.2) is 31.9 Å². The van der Waals surface area contributed by atoms with Crippen molar-refractivity contribution < 1.29 is 28.5 Å². The fraction of sp³-hybridized carbons (Fsp3) is 0.263. The van der Waals surface area contributed by atoms with Gasteiger partial charge in [-0.05, 0) is 36.8 Å². The molecule has 0 bridgehead atoms. The minimum Gasteiger partial charge on any atom is -0.497 e. The van der Waals surface area contributed by atoms with E-state index in [0.717, 1.165) is 5.56 Å². The van der Waals surface area contributed by atoms with Gasteiger partial charge >= 0.3 is 5.97 Å². The standard InChI is InChI=1S/C19H19NO6/c1-12(26-18(21)9-13-4-3-5-15(8-13)23-2)19(22)20-14-6-7-16-17(10-14)25-11-24-16/h3-8,10,12H,9,11H2,1-2H3,(H,20,22)/t12-/m1/s1. The Balaban J connectivity index is 1.54. The highest BCUT2D eigenvalue weighted by atomic mass is 16.7. The van der Waals surface area contributed by atoms with Crippen LogP contribution in [0.1, 0.15) is 12.5 Å². The van der Waals surface area contributed by atoms with Gasteiger partial charge in [0.2, 0.25) is 6.79 Å². The van der Waals surface area contributed by atoms with Crippen molar-refractivity contribution in [3.63, 3.8) is 0 Å². The van der Waals surface area contributed by atoms with E-state index in [0.29, 0.717) is 22.9 Å². The Morgan fingerprint density at radius 3 is 2.77 bits per heavy atom. The van der Waals surface area contributed by atoms with Crippen LogP contribution in [-0.2, 0) is 20.7 Å². The number of hydrogen-bond donors (Lipinski definition) is 1. The number of methoxy groups -OCH3 is 1. The van der Waals surface area contributed by atoms with E-state index in [2.05, 4.69) is 5.32 Å². The molecule has 0 unspecified atom stereocenters. The lowest BCUT2D eigenvalue weighted by atomic mass is 10.1. The van der Waals surface area contributed by atoms with Crippen molar-refractivity contribution in [2.75, 3.05) is 19.2 Å². The lowest BCUT2D eigenvalue weighted by molar-refractivity contribution is -0.152. The summed E-state index contributed by atoms with van der Waals surface area (Å²) in [6.45, 7) is 1.68. The zero-order valence-electron chi connectivity index (χ0n) is 14.5. The number of benzene rings is 2. The summed E-state index contributed by atoms with van der Waals surface area (Å²) >= 11 is 0. The SMILES string of the molecule is COc1cccc(CC(=O)O[C@H](C)C(=O)Nc2ccc3c(c2)OCO3)c1. The smallest absolute Gasteiger partial charge is 0.311 e. The molecule has 0 fully saturated rings. The van der Waals surface area contributed by atoms with E-state index in [4.69, 9.17) is 18.9 Å². The van der Waals surface area contributed by atoms with E-state index in [1.807, 2.05) is 0 Å². The molecular weight excluding hydrogens is 338 g/mol. The van der Waals surface area contributed by atoms with Crippen LogP contribution in [0, 0.1) is 0 Å². The molecule has 1 aliphatic heterocycles. The first-order valence-electron chi connectivity index (χ1n) is 8.08. The largest absolute Gasteiger partial charge is 0.497 e. The molecule has 1 atom stereocenters. The second-order valence-electron chi connectivity index (χ2n) is 5.72. The summed E-state index contributed by atoms with van der Waals surface area (Å²) < 4.78 is 20.8. The van der Waals surface area contributed by atoms with Gasteiger partial charge in [0.05, 0.1) is 13.5 Å². The molecule has 0 spiro atoms. The van der Waals surface area contributed by atoms with Crippen molar-refractivity contribution >= 4 is 17.6 Å². The third kappa shape index (κ3) is 4.24. The Hall–Kier alpha value is -3.22. The number of hydrogen-bond acceptors (Lipinski definition) is 6. The molecule has 1 heterocycles. The number of fused-ring (bicyclic) bond motifs is 1. The van der Waals surface area contributed by atoms with Crippen molar-refractivity contribution in [1.29, 1.82) is 0 Å². The van der Waals surface area contributed by atoms with Crippen LogP contribution in [0.3, 0.4) is 0 Å². The van der Waals surface area contributed by atoms with E-state index < -0.39 is 18.0 Å². The number of amides is 1. The zero-order valence-corrected chi connectivity index (χ0v) is 14.5. The molecule has 0 saturated carbocycles. The number of carbonyl (C=O) groups is 2. The van der Waals surface area contributed by atoms with E-state index in [9.17, 15) is 9.59 Å². The van der Waals surface area contributed by atoms with E-state index >= 15 is 0 Å². The van der Waals surface area contributed by atoms with Gasteiger partial charge in [-0.2, -0.15) is 0 Å². The molecule has 7 heteroatoms. The summed E-state index contributed by atoms with van der Waals surface area (Å²) in [5.41, 5.74) is 1.28. The van der Waals surface area contributed by atoms with Crippen LogP contribution < -0.4 is 19.5 Å². The minimum atomic E-state index is -0.932. The maximum atomic E-state index is 12.2. The van der Waals surface area contributed by atoms with Gasteiger partial charge in [-0.3, -0.25) is 9.59 Å². The predicted octanol–water partition coefficient (Wildman–Crippen LogP) is 2.54. The fourth-order valence-corrected chi connectivity index (χ4v) is 2.46. The molecule has 2 aromatic carbocycles. The van der Waals surface area contributed by atoms with E-state index in [-0.39, 0.29) is 13.2 Å². The van der Waals surface area contributed by atoms with Gasteiger partial charge in [0.15, 0.2) is 17.6 Å². The third-order valence-electron chi connectivity index (χ3n) is 3.80. The average molecular weight is 357 g/mol. The number of esters is 1. The summed E-state index contributed by atoms with van der Waals surface area (Å²) in [6, 6.07) is 12.2. The highest BCUT2D eigenvalue weighted by Gasteiger charge is 2.20. The minimum absolute atomic E-state index is 0.0544. The topological polar surface area (TPSA) is 83.1 Å². The number of anilines is 1. The highest BCUT2D eigenvalue weighted by Crippen LogP contribution is 2.34. The predicted molar refractivity (Wildman–Crippen MR) is 93.4 cm³/mol. The molecule has 26 heavy (non-hydrogen) atoms.